The fraction of sp³-hybridized carbons (Fsp3) is 0.409. The molecule has 0 saturated carbocycles. The number of piperidine rings is 1. The molecule has 31 heavy (non-hydrogen) atoms. The molecule has 1 unspecified atom stereocenters. The van der Waals surface area contributed by atoms with Crippen LogP contribution in [-0.4, -0.2) is 35.4 Å². The van der Waals surface area contributed by atoms with Gasteiger partial charge in [-0.05, 0) is 48.2 Å². The summed E-state index contributed by atoms with van der Waals surface area (Å²) in [6.07, 6.45) is -3.67. The first-order chi connectivity index (χ1) is 14.6. The fourth-order valence-electron chi connectivity index (χ4n) is 4.04. The van der Waals surface area contributed by atoms with E-state index < -0.39 is 17.3 Å². The van der Waals surface area contributed by atoms with E-state index in [2.05, 4.69) is 10.1 Å². The van der Waals surface area contributed by atoms with Crippen molar-refractivity contribution in [2.75, 3.05) is 19.6 Å². The van der Waals surface area contributed by atoms with Crippen LogP contribution in [0.3, 0.4) is 0 Å². The van der Waals surface area contributed by atoms with Crippen molar-refractivity contribution in [3.63, 3.8) is 0 Å². The van der Waals surface area contributed by atoms with Gasteiger partial charge in [0.2, 0.25) is 0 Å². The number of oxime groups is 1. The Labute approximate surface area is 182 Å². The Bertz CT molecular complexity index is 970. The van der Waals surface area contributed by atoms with E-state index in [1.807, 2.05) is 0 Å². The minimum Gasteiger partial charge on any atom is -0.387 e. The van der Waals surface area contributed by atoms with Crippen LogP contribution in [0.25, 0.3) is 0 Å². The molecule has 4 nitrogen and oxygen atoms in total. The highest BCUT2D eigenvalue weighted by Crippen LogP contribution is 2.40. The first-order valence-electron chi connectivity index (χ1n) is 9.93. The molecule has 0 aromatic heterocycles. The lowest BCUT2D eigenvalue weighted by Gasteiger charge is -2.38. The Balaban J connectivity index is 1.35. The summed E-state index contributed by atoms with van der Waals surface area (Å²) in [6.45, 7) is 1.55. The molecule has 0 amide bonds. The van der Waals surface area contributed by atoms with Gasteiger partial charge in [-0.25, -0.2) is 4.39 Å². The highest BCUT2D eigenvalue weighted by molar-refractivity contribution is 6.31. The van der Waals surface area contributed by atoms with Gasteiger partial charge in [0.1, 0.15) is 5.82 Å². The molecule has 9 heteroatoms. The third kappa shape index (κ3) is 4.86. The van der Waals surface area contributed by atoms with Gasteiger partial charge in [0, 0.05) is 26.1 Å². The molecule has 2 aliphatic rings. The standard InChI is InChI=1S/C22H21ClF4N2O2/c23-19-6-3-15(11-18(19)22(25,26)27)21(30)7-9-29(10-8-21)13-17-12-20(31-28-17)14-1-4-16(24)5-2-14/h1-6,11,20,30H,7-10,12-13H2. The van der Waals surface area contributed by atoms with Gasteiger partial charge in [-0.2, -0.15) is 13.2 Å². The molecule has 166 valence electrons. The van der Waals surface area contributed by atoms with Gasteiger partial charge >= 0.3 is 6.18 Å². The molecule has 2 heterocycles. The average molecular weight is 457 g/mol. The minimum absolute atomic E-state index is 0.224. The van der Waals surface area contributed by atoms with Crippen molar-refractivity contribution in [3.05, 3.63) is 70.0 Å². The van der Waals surface area contributed by atoms with Crippen molar-refractivity contribution < 1.29 is 27.5 Å². The number of halogens is 5. The maximum atomic E-state index is 13.2. The second kappa shape index (κ2) is 8.41. The fourth-order valence-corrected chi connectivity index (χ4v) is 4.26. The van der Waals surface area contributed by atoms with Crippen LogP contribution in [0.5, 0.6) is 0 Å². The maximum Gasteiger partial charge on any atom is 0.417 e. The topological polar surface area (TPSA) is 45.1 Å². The molecule has 0 bridgehead atoms. The van der Waals surface area contributed by atoms with Crippen molar-refractivity contribution in [2.24, 2.45) is 5.16 Å². The van der Waals surface area contributed by atoms with Crippen molar-refractivity contribution in [1.82, 2.24) is 4.90 Å². The Kier molecular flexibility index (Phi) is 5.98. The van der Waals surface area contributed by atoms with Crippen LogP contribution in [0.2, 0.25) is 5.02 Å². The third-order valence-electron chi connectivity index (χ3n) is 5.87. The Morgan fingerprint density at radius 2 is 1.81 bits per heavy atom. The summed E-state index contributed by atoms with van der Waals surface area (Å²) < 4.78 is 52.6. The van der Waals surface area contributed by atoms with Crippen LogP contribution in [0.15, 0.2) is 47.6 Å². The summed E-state index contributed by atoms with van der Waals surface area (Å²) in [5.74, 6) is -0.313. The number of nitrogens with zero attached hydrogens (tertiary/aromatic N) is 2. The zero-order valence-corrected chi connectivity index (χ0v) is 17.3. The lowest BCUT2D eigenvalue weighted by molar-refractivity contribution is -0.137. The molecule has 1 saturated heterocycles. The lowest BCUT2D eigenvalue weighted by Crippen LogP contribution is -2.44. The van der Waals surface area contributed by atoms with Crippen LogP contribution < -0.4 is 0 Å². The van der Waals surface area contributed by atoms with Gasteiger partial charge in [0.05, 0.1) is 21.9 Å². The third-order valence-corrected chi connectivity index (χ3v) is 6.20. The number of likely N-dealkylation sites (tertiary alicyclic amines) is 1. The predicted molar refractivity (Wildman–Crippen MR) is 108 cm³/mol. The molecule has 2 aliphatic heterocycles. The molecule has 4 rings (SSSR count). The molecular weight excluding hydrogens is 436 g/mol. The van der Waals surface area contributed by atoms with Gasteiger partial charge in [-0.3, -0.25) is 4.90 Å². The van der Waals surface area contributed by atoms with Crippen molar-refractivity contribution in [2.45, 2.75) is 37.1 Å². The highest BCUT2D eigenvalue weighted by Gasteiger charge is 2.39. The van der Waals surface area contributed by atoms with Crippen LogP contribution in [0.4, 0.5) is 17.6 Å². The summed E-state index contributed by atoms with van der Waals surface area (Å²) >= 11 is 5.69. The highest BCUT2D eigenvalue weighted by atomic mass is 35.5. The van der Waals surface area contributed by atoms with Gasteiger partial charge in [-0.15, -0.1) is 0 Å². The molecule has 0 aliphatic carbocycles. The van der Waals surface area contributed by atoms with Crippen LogP contribution >= 0.6 is 11.6 Å². The van der Waals surface area contributed by atoms with Crippen molar-refractivity contribution in [3.8, 4) is 0 Å². The van der Waals surface area contributed by atoms with E-state index in [0.29, 0.717) is 38.9 Å². The molecule has 2 aromatic carbocycles. The first kappa shape index (κ1) is 22.0. The molecule has 2 aromatic rings. The molecule has 1 fully saturated rings. The van der Waals surface area contributed by atoms with Crippen LogP contribution in [-0.2, 0) is 16.6 Å². The Morgan fingerprint density at radius 1 is 1.13 bits per heavy atom. The number of alkyl halides is 3. The van der Waals surface area contributed by atoms with Crippen molar-refractivity contribution >= 4 is 17.3 Å². The smallest absolute Gasteiger partial charge is 0.387 e. The number of rotatable bonds is 4. The summed E-state index contributed by atoms with van der Waals surface area (Å²) in [5.41, 5.74) is -0.373. The van der Waals surface area contributed by atoms with E-state index in [1.165, 1.54) is 24.3 Å². The summed E-state index contributed by atoms with van der Waals surface area (Å²) in [7, 11) is 0. The second-order valence-corrected chi connectivity index (χ2v) is 8.41. The second-order valence-electron chi connectivity index (χ2n) is 8.01. The van der Waals surface area contributed by atoms with E-state index in [9.17, 15) is 22.7 Å². The summed E-state index contributed by atoms with van der Waals surface area (Å²) in [6, 6.07) is 9.67. The van der Waals surface area contributed by atoms with Gasteiger partial charge < -0.3 is 9.94 Å². The largest absolute Gasteiger partial charge is 0.417 e. The van der Waals surface area contributed by atoms with Gasteiger partial charge in [0.25, 0.3) is 0 Å². The molecular formula is C22H21ClF4N2O2. The predicted octanol–water partition coefficient (Wildman–Crippen LogP) is 5.30. The summed E-state index contributed by atoms with van der Waals surface area (Å²) in [4.78, 5) is 7.56. The lowest BCUT2D eigenvalue weighted by atomic mass is 9.83. The maximum absolute atomic E-state index is 13.2. The SMILES string of the molecule is OC1(c2ccc(Cl)c(C(F)(F)F)c2)CCN(CC2=NOC(c3ccc(F)cc3)C2)CC1. The Morgan fingerprint density at radius 3 is 2.45 bits per heavy atom. The summed E-state index contributed by atoms with van der Waals surface area (Å²) in [5, 5.41) is 14.7. The molecule has 1 N–H and O–H groups in total. The van der Waals surface area contributed by atoms with E-state index in [0.717, 1.165) is 17.3 Å². The number of benzene rings is 2. The molecule has 0 spiro atoms. The zero-order chi connectivity index (χ0) is 22.2. The monoisotopic (exact) mass is 456 g/mol. The van der Waals surface area contributed by atoms with E-state index >= 15 is 0 Å². The van der Waals surface area contributed by atoms with E-state index in [-0.39, 0.29) is 22.5 Å². The van der Waals surface area contributed by atoms with Crippen LogP contribution in [0.1, 0.15) is 42.1 Å². The first-order valence-corrected chi connectivity index (χ1v) is 10.3. The number of hydrogen-bond acceptors (Lipinski definition) is 4. The van der Waals surface area contributed by atoms with Gasteiger partial charge in [0.15, 0.2) is 6.10 Å². The van der Waals surface area contributed by atoms with Crippen LogP contribution in [0, 0.1) is 5.82 Å². The normalized spacial score (nSPS) is 21.6. The average Bonchev–Trinajstić information content (AvgIpc) is 3.18. The van der Waals surface area contributed by atoms with Crippen molar-refractivity contribution in [1.29, 1.82) is 0 Å². The Hall–Kier alpha value is -2.16. The van der Waals surface area contributed by atoms with Gasteiger partial charge in [-0.1, -0.05) is 35.0 Å². The molecule has 1 atom stereocenters. The quantitative estimate of drug-likeness (QED) is 0.635. The molecule has 0 radical (unpaired) electrons. The van der Waals surface area contributed by atoms with E-state index in [1.54, 1.807) is 12.1 Å². The zero-order valence-electron chi connectivity index (χ0n) is 16.5. The number of hydrogen-bond donors (Lipinski definition) is 1. The number of aliphatic hydroxyl groups is 1. The minimum atomic E-state index is -4.58. The van der Waals surface area contributed by atoms with E-state index in [4.69, 9.17) is 16.4 Å².